The van der Waals surface area contributed by atoms with Crippen molar-refractivity contribution >= 4 is 23.5 Å². The quantitative estimate of drug-likeness (QED) is 0.627. The first kappa shape index (κ1) is 17.4. The van der Waals surface area contributed by atoms with Gasteiger partial charge in [0.15, 0.2) is 0 Å². The molecule has 27 heavy (non-hydrogen) atoms. The van der Waals surface area contributed by atoms with Gasteiger partial charge < -0.3 is 21.3 Å². The molecule has 8 heteroatoms. The lowest BCUT2D eigenvalue weighted by Gasteiger charge is -2.11. The van der Waals surface area contributed by atoms with E-state index in [1.165, 1.54) is 12.4 Å². The Morgan fingerprint density at radius 1 is 1.11 bits per heavy atom. The van der Waals surface area contributed by atoms with Gasteiger partial charge in [-0.05, 0) is 30.7 Å². The van der Waals surface area contributed by atoms with Crippen LogP contribution in [0.2, 0.25) is 0 Å². The standard InChI is InChI=1S/C19H22N6O2/c26-17-7-13(8-21-17)12-1-3-15(4-2-12)25-19-22-9-14(10-23-19)18(27)24-16-5-6-20-11-16/h1-4,9-10,13,16,20H,5-8,11H2,(H,21,26)(H,24,27)(H,22,23,25). The second-order valence-corrected chi connectivity index (χ2v) is 6.91. The smallest absolute Gasteiger partial charge is 0.254 e. The first-order valence-electron chi connectivity index (χ1n) is 9.15. The van der Waals surface area contributed by atoms with E-state index >= 15 is 0 Å². The molecule has 1 aromatic carbocycles. The molecule has 0 saturated carbocycles. The van der Waals surface area contributed by atoms with E-state index in [1.54, 1.807) is 0 Å². The third kappa shape index (κ3) is 4.22. The Hall–Kier alpha value is -3.00. The van der Waals surface area contributed by atoms with Crippen LogP contribution in [-0.4, -0.2) is 47.5 Å². The number of carbonyl (C=O) groups excluding carboxylic acids is 2. The van der Waals surface area contributed by atoms with Gasteiger partial charge >= 0.3 is 0 Å². The van der Waals surface area contributed by atoms with E-state index in [-0.39, 0.29) is 23.8 Å². The molecule has 2 unspecified atom stereocenters. The van der Waals surface area contributed by atoms with Crippen LogP contribution in [0.4, 0.5) is 11.6 Å². The summed E-state index contributed by atoms with van der Waals surface area (Å²) in [6, 6.07) is 8.05. The Kier molecular flexibility index (Phi) is 4.97. The number of hydrogen-bond acceptors (Lipinski definition) is 6. The van der Waals surface area contributed by atoms with Crippen LogP contribution in [-0.2, 0) is 4.79 Å². The number of benzene rings is 1. The van der Waals surface area contributed by atoms with E-state index in [9.17, 15) is 9.59 Å². The second-order valence-electron chi connectivity index (χ2n) is 6.91. The van der Waals surface area contributed by atoms with Crippen LogP contribution in [0, 0.1) is 0 Å². The van der Waals surface area contributed by atoms with Crippen molar-refractivity contribution in [3.8, 4) is 0 Å². The molecule has 2 amide bonds. The number of nitrogens with zero attached hydrogens (tertiary/aromatic N) is 2. The normalized spacial score (nSPS) is 21.7. The summed E-state index contributed by atoms with van der Waals surface area (Å²) in [6.07, 6.45) is 4.53. The first-order chi connectivity index (χ1) is 13.2. The highest BCUT2D eigenvalue weighted by molar-refractivity contribution is 5.93. The zero-order valence-corrected chi connectivity index (χ0v) is 14.9. The zero-order valence-electron chi connectivity index (χ0n) is 14.9. The lowest BCUT2D eigenvalue weighted by Crippen LogP contribution is -2.36. The van der Waals surface area contributed by atoms with Crippen molar-refractivity contribution in [1.29, 1.82) is 0 Å². The molecule has 2 aliphatic rings. The van der Waals surface area contributed by atoms with Gasteiger partial charge in [-0.25, -0.2) is 9.97 Å². The predicted octanol–water partition coefficient (Wildman–Crippen LogP) is 0.915. The Morgan fingerprint density at radius 2 is 1.89 bits per heavy atom. The van der Waals surface area contributed by atoms with E-state index in [0.717, 1.165) is 30.8 Å². The van der Waals surface area contributed by atoms with Crippen LogP contribution >= 0.6 is 0 Å². The Morgan fingerprint density at radius 3 is 2.52 bits per heavy atom. The van der Waals surface area contributed by atoms with Gasteiger partial charge in [-0.1, -0.05) is 12.1 Å². The minimum absolute atomic E-state index is 0.101. The fraction of sp³-hybridized carbons (Fsp3) is 0.368. The SMILES string of the molecule is O=C1CC(c2ccc(Nc3ncc(C(=O)NC4CCNC4)cn3)cc2)CN1. The third-order valence-electron chi connectivity index (χ3n) is 4.93. The maximum atomic E-state index is 12.2. The van der Waals surface area contributed by atoms with Crippen LogP contribution in [0.1, 0.15) is 34.7 Å². The summed E-state index contributed by atoms with van der Waals surface area (Å²) in [4.78, 5) is 32.0. The lowest BCUT2D eigenvalue weighted by molar-refractivity contribution is -0.119. The highest BCUT2D eigenvalue weighted by Gasteiger charge is 2.22. The fourth-order valence-electron chi connectivity index (χ4n) is 3.37. The van der Waals surface area contributed by atoms with Crippen molar-refractivity contribution in [2.45, 2.75) is 24.8 Å². The molecular formula is C19H22N6O2. The van der Waals surface area contributed by atoms with E-state index in [0.29, 0.717) is 24.5 Å². The molecule has 140 valence electrons. The molecule has 2 aliphatic heterocycles. The van der Waals surface area contributed by atoms with Gasteiger partial charge in [0.25, 0.3) is 5.91 Å². The molecule has 2 aromatic rings. The Bertz CT molecular complexity index is 815. The van der Waals surface area contributed by atoms with E-state index in [4.69, 9.17) is 0 Å². The van der Waals surface area contributed by atoms with Crippen LogP contribution < -0.4 is 21.3 Å². The molecule has 2 saturated heterocycles. The average molecular weight is 366 g/mol. The number of anilines is 2. The van der Waals surface area contributed by atoms with Crippen LogP contribution in [0.3, 0.4) is 0 Å². The number of nitrogens with one attached hydrogen (secondary N) is 4. The van der Waals surface area contributed by atoms with E-state index in [2.05, 4.69) is 31.2 Å². The highest BCUT2D eigenvalue weighted by atomic mass is 16.2. The minimum atomic E-state index is -0.153. The summed E-state index contributed by atoms with van der Waals surface area (Å²) in [5.41, 5.74) is 2.43. The summed E-state index contributed by atoms with van der Waals surface area (Å²) < 4.78 is 0. The number of hydrogen-bond donors (Lipinski definition) is 4. The molecule has 2 fully saturated rings. The maximum absolute atomic E-state index is 12.2. The summed E-state index contributed by atoms with van der Waals surface area (Å²) in [5.74, 6) is 0.610. The van der Waals surface area contributed by atoms with Crippen molar-refractivity contribution in [2.24, 2.45) is 0 Å². The number of carbonyl (C=O) groups is 2. The van der Waals surface area contributed by atoms with Gasteiger partial charge in [0, 0.05) is 49.6 Å². The molecule has 0 radical (unpaired) electrons. The Balaban J connectivity index is 1.35. The molecule has 4 N–H and O–H groups in total. The van der Waals surface area contributed by atoms with Gasteiger partial charge in [0.05, 0.1) is 5.56 Å². The summed E-state index contributed by atoms with van der Waals surface area (Å²) >= 11 is 0. The summed E-state index contributed by atoms with van der Waals surface area (Å²) in [7, 11) is 0. The number of aromatic nitrogens is 2. The molecule has 0 aliphatic carbocycles. The molecule has 1 aromatic heterocycles. The highest BCUT2D eigenvalue weighted by Crippen LogP contribution is 2.24. The Labute approximate surface area is 157 Å². The van der Waals surface area contributed by atoms with E-state index in [1.807, 2.05) is 24.3 Å². The van der Waals surface area contributed by atoms with Crippen LogP contribution in [0.25, 0.3) is 0 Å². The third-order valence-corrected chi connectivity index (χ3v) is 4.93. The second kappa shape index (κ2) is 7.71. The maximum Gasteiger partial charge on any atom is 0.254 e. The molecule has 2 atom stereocenters. The molecule has 8 nitrogen and oxygen atoms in total. The van der Waals surface area contributed by atoms with Crippen LogP contribution in [0.5, 0.6) is 0 Å². The fourth-order valence-corrected chi connectivity index (χ4v) is 3.37. The molecule has 0 bridgehead atoms. The van der Waals surface area contributed by atoms with Crippen molar-refractivity contribution in [3.05, 3.63) is 47.8 Å². The summed E-state index contributed by atoms with van der Waals surface area (Å²) in [6.45, 7) is 2.42. The van der Waals surface area contributed by atoms with E-state index < -0.39 is 0 Å². The number of rotatable bonds is 5. The molecule has 0 spiro atoms. The van der Waals surface area contributed by atoms with Gasteiger partial charge in [-0.2, -0.15) is 0 Å². The van der Waals surface area contributed by atoms with Crippen molar-refractivity contribution in [3.63, 3.8) is 0 Å². The largest absolute Gasteiger partial charge is 0.355 e. The number of amides is 2. The van der Waals surface area contributed by atoms with Crippen molar-refractivity contribution < 1.29 is 9.59 Å². The van der Waals surface area contributed by atoms with Crippen LogP contribution in [0.15, 0.2) is 36.7 Å². The van der Waals surface area contributed by atoms with Gasteiger partial charge in [-0.15, -0.1) is 0 Å². The topological polar surface area (TPSA) is 108 Å². The molecule has 3 heterocycles. The monoisotopic (exact) mass is 366 g/mol. The molecular weight excluding hydrogens is 344 g/mol. The average Bonchev–Trinajstić information content (AvgIpc) is 3.35. The zero-order chi connectivity index (χ0) is 18.6. The van der Waals surface area contributed by atoms with Crippen molar-refractivity contribution in [2.75, 3.05) is 25.0 Å². The predicted molar refractivity (Wildman–Crippen MR) is 101 cm³/mol. The minimum Gasteiger partial charge on any atom is -0.355 e. The summed E-state index contributed by atoms with van der Waals surface area (Å²) in [5, 5.41) is 12.2. The van der Waals surface area contributed by atoms with Crippen molar-refractivity contribution in [1.82, 2.24) is 25.9 Å². The molecule has 4 rings (SSSR count). The lowest BCUT2D eigenvalue weighted by atomic mass is 9.98. The van der Waals surface area contributed by atoms with Gasteiger partial charge in [-0.3, -0.25) is 9.59 Å². The van der Waals surface area contributed by atoms with Gasteiger partial charge in [0.2, 0.25) is 11.9 Å². The first-order valence-corrected chi connectivity index (χ1v) is 9.15. The van der Waals surface area contributed by atoms with Gasteiger partial charge in [0.1, 0.15) is 0 Å².